The summed E-state index contributed by atoms with van der Waals surface area (Å²) >= 11 is 0. The minimum absolute atomic E-state index is 0.317. The van der Waals surface area contributed by atoms with E-state index < -0.39 is 0 Å². The average molecular weight is 159 g/mol. The van der Waals surface area contributed by atoms with E-state index in [4.69, 9.17) is 10.5 Å². The lowest BCUT2D eigenvalue weighted by Crippen LogP contribution is -2.15. The first-order valence-corrected chi connectivity index (χ1v) is 4.46. The van der Waals surface area contributed by atoms with Gasteiger partial charge in [0.2, 0.25) is 0 Å². The predicted octanol–water partition coefficient (Wildman–Crippen LogP) is 1.79. The number of hydrogen-bond donors (Lipinski definition) is 1. The van der Waals surface area contributed by atoms with Gasteiger partial charge in [-0.3, -0.25) is 0 Å². The summed E-state index contributed by atoms with van der Waals surface area (Å²) in [5, 5.41) is 0. The first-order chi connectivity index (χ1) is 5.13. The molecule has 0 aliphatic carbocycles. The second kappa shape index (κ2) is 6.62. The molecular weight excluding hydrogens is 138 g/mol. The molecule has 0 saturated carbocycles. The van der Waals surface area contributed by atoms with Crippen LogP contribution >= 0.6 is 0 Å². The summed E-state index contributed by atoms with van der Waals surface area (Å²) in [4.78, 5) is 0. The lowest BCUT2D eigenvalue weighted by molar-refractivity contribution is 0.106. The van der Waals surface area contributed by atoms with E-state index in [-0.39, 0.29) is 0 Å². The fourth-order valence-corrected chi connectivity index (χ4v) is 0.826. The minimum atomic E-state index is 0.317. The highest BCUT2D eigenvalue weighted by atomic mass is 16.5. The van der Waals surface area contributed by atoms with Crippen molar-refractivity contribution in [1.82, 2.24) is 0 Å². The van der Waals surface area contributed by atoms with Gasteiger partial charge in [0, 0.05) is 19.3 Å². The number of ether oxygens (including phenoxy) is 1. The number of hydrogen-bond acceptors (Lipinski definition) is 2. The smallest absolute Gasteiger partial charge is 0.0488 e. The van der Waals surface area contributed by atoms with E-state index in [0.29, 0.717) is 12.0 Å². The molecule has 0 saturated heterocycles. The summed E-state index contributed by atoms with van der Waals surface area (Å²) in [5.74, 6) is 0.644. The molecule has 0 fully saturated rings. The van der Waals surface area contributed by atoms with Gasteiger partial charge in [-0.1, -0.05) is 13.8 Å². The van der Waals surface area contributed by atoms with E-state index in [0.717, 1.165) is 26.1 Å². The fourth-order valence-electron chi connectivity index (χ4n) is 0.826. The van der Waals surface area contributed by atoms with E-state index in [1.165, 1.54) is 0 Å². The standard InChI is InChI=1S/C9H21NO/c1-8(2)7-11-6-4-5-9(3)10/h8-9H,4-7,10H2,1-3H3. The van der Waals surface area contributed by atoms with Crippen LogP contribution in [-0.2, 0) is 4.74 Å². The van der Waals surface area contributed by atoms with Crippen LogP contribution in [0.1, 0.15) is 33.6 Å². The van der Waals surface area contributed by atoms with Crippen molar-refractivity contribution >= 4 is 0 Å². The summed E-state index contributed by atoms with van der Waals surface area (Å²) in [6.07, 6.45) is 2.16. The largest absolute Gasteiger partial charge is 0.381 e. The van der Waals surface area contributed by atoms with E-state index in [9.17, 15) is 0 Å². The predicted molar refractivity (Wildman–Crippen MR) is 48.5 cm³/mol. The Hall–Kier alpha value is -0.0800. The van der Waals surface area contributed by atoms with Crippen LogP contribution in [0.5, 0.6) is 0 Å². The molecular formula is C9H21NO. The van der Waals surface area contributed by atoms with Crippen molar-refractivity contribution in [1.29, 1.82) is 0 Å². The Labute approximate surface area is 70.1 Å². The Morgan fingerprint density at radius 3 is 2.36 bits per heavy atom. The third-order valence-corrected chi connectivity index (χ3v) is 1.40. The number of nitrogens with two attached hydrogens (primary N) is 1. The lowest BCUT2D eigenvalue weighted by Gasteiger charge is -2.07. The summed E-state index contributed by atoms with van der Waals surface area (Å²) in [6.45, 7) is 8.08. The third kappa shape index (κ3) is 9.92. The van der Waals surface area contributed by atoms with Crippen molar-refractivity contribution in [3.05, 3.63) is 0 Å². The molecule has 2 nitrogen and oxygen atoms in total. The van der Waals surface area contributed by atoms with Gasteiger partial charge in [-0.25, -0.2) is 0 Å². The van der Waals surface area contributed by atoms with Gasteiger partial charge in [-0.2, -0.15) is 0 Å². The summed E-state index contributed by atoms with van der Waals surface area (Å²) < 4.78 is 5.39. The lowest BCUT2D eigenvalue weighted by atomic mass is 10.2. The zero-order valence-corrected chi connectivity index (χ0v) is 7.97. The normalized spacial score (nSPS) is 13.9. The zero-order chi connectivity index (χ0) is 8.69. The van der Waals surface area contributed by atoms with Crippen LogP contribution in [0.15, 0.2) is 0 Å². The Kier molecular flexibility index (Phi) is 6.57. The SMILES string of the molecule is CC(C)COCCCC(C)N. The molecule has 1 atom stereocenters. The van der Waals surface area contributed by atoms with E-state index in [2.05, 4.69) is 13.8 Å². The van der Waals surface area contributed by atoms with Gasteiger partial charge in [-0.15, -0.1) is 0 Å². The van der Waals surface area contributed by atoms with E-state index in [1.807, 2.05) is 6.92 Å². The monoisotopic (exact) mass is 159 g/mol. The van der Waals surface area contributed by atoms with Crippen LogP contribution in [0, 0.1) is 5.92 Å². The highest BCUT2D eigenvalue weighted by molar-refractivity contribution is 4.51. The quantitative estimate of drug-likeness (QED) is 0.600. The van der Waals surface area contributed by atoms with Gasteiger partial charge in [0.1, 0.15) is 0 Å². The van der Waals surface area contributed by atoms with Crippen LogP contribution in [0.3, 0.4) is 0 Å². The highest BCUT2D eigenvalue weighted by Crippen LogP contribution is 1.97. The zero-order valence-electron chi connectivity index (χ0n) is 7.97. The minimum Gasteiger partial charge on any atom is -0.381 e. The van der Waals surface area contributed by atoms with Crippen molar-refractivity contribution in [2.45, 2.75) is 39.7 Å². The summed E-state index contributed by atoms with van der Waals surface area (Å²) in [7, 11) is 0. The topological polar surface area (TPSA) is 35.2 Å². The van der Waals surface area contributed by atoms with Crippen molar-refractivity contribution in [2.24, 2.45) is 11.7 Å². The Morgan fingerprint density at radius 1 is 1.27 bits per heavy atom. The van der Waals surface area contributed by atoms with Crippen molar-refractivity contribution in [3.8, 4) is 0 Å². The molecule has 0 spiro atoms. The van der Waals surface area contributed by atoms with Gasteiger partial charge in [0.05, 0.1) is 0 Å². The molecule has 68 valence electrons. The first-order valence-electron chi connectivity index (χ1n) is 4.46. The Morgan fingerprint density at radius 2 is 1.91 bits per heavy atom. The molecule has 0 aromatic heterocycles. The molecule has 2 heteroatoms. The van der Waals surface area contributed by atoms with Crippen LogP contribution in [0.2, 0.25) is 0 Å². The molecule has 0 aliphatic heterocycles. The van der Waals surface area contributed by atoms with Crippen LogP contribution < -0.4 is 5.73 Å². The van der Waals surface area contributed by atoms with Gasteiger partial charge >= 0.3 is 0 Å². The first kappa shape index (κ1) is 10.9. The summed E-state index contributed by atoms with van der Waals surface area (Å²) in [5.41, 5.74) is 5.58. The molecule has 0 radical (unpaired) electrons. The molecule has 11 heavy (non-hydrogen) atoms. The Balaban J connectivity index is 2.91. The summed E-state index contributed by atoms with van der Waals surface area (Å²) in [6, 6.07) is 0.317. The molecule has 0 bridgehead atoms. The third-order valence-electron chi connectivity index (χ3n) is 1.40. The van der Waals surface area contributed by atoms with Crippen LogP contribution in [-0.4, -0.2) is 19.3 Å². The van der Waals surface area contributed by atoms with Gasteiger partial charge in [0.15, 0.2) is 0 Å². The Bertz CT molecular complexity index is 71.6. The average Bonchev–Trinajstić information content (AvgIpc) is 1.85. The maximum absolute atomic E-state index is 5.58. The fraction of sp³-hybridized carbons (Fsp3) is 1.00. The van der Waals surface area contributed by atoms with Crippen LogP contribution in [0.4, 0.5) is 0 Å². The maximum atomic E-state index is 5.58. The second-order valence-corrected chi connectivity index (χ2v) is 3.59. The van der Waals surface area contributed by atoms with Crippen molar-refractivity contribution in [3.63, 3.8) is 0 Å². The van der Waals surface area contributed by atoms with Crippen molar-refractivity contribution < 1.29 is 4.74 Å². The second-order valence-electron chi connectivity index (χ2n) is 3.59. The van der Waals surface area contributed by atoms with Crippen molar-refractivity contribution in [2.75, 3.05) is 13.2 Å². The van der Waals surface area contributed by atoms with Gasteiger partial charge in [-0.05, 0) is 25.7 Å². The van der Waals surface area contributed by atoms with Gasteiger partial charge in [0.25, 0.3) is 0 Å². The highest BCUT2D eigenvalue weighted by Gasteiger charge is 1.95. The van der Waals surface area contributed by atoms with E-state index in [1.54, 1.807) is 0 Å². The molecule has 0 amide bonds. The maximum Gasteiger partial charge on any atom is 0.0488 e. The molecule has 0 aromatic carbocycles. The molecule has 0 rings (SSSR count). The molecule has 0 aliphatic rings. The number of rotatable bonds is 6. The molecule has 1 unspecified atom stereocenters. The van der Waals surface area contributed by atoms with E-state index >= 15 is 0 Å². The molecule has 0 aromatic rings. The van der Waals surface area contributed by atoms with Crippen LogP contribution in [0.25, 0.3) is 0 Å². The van der Waals surface area contributed by atoms with Gasteiger partial charge < -0.3 is 10.5 Å². The molecule has 2 N–H and O–H groups in total. The molecule has 0 heterocycles.